The molecule has 114 valence electrons. The summed E-state index contributed by atoms with van der Waals surface area (Å²) in [6, 6.07) is 7.62. The molecule has 5 nitrogen and oxygen atoms in total. The zero-order valence-electron chi connectivity index (χ0n) is 11.4. The zero-order valence-corrected chi connectivity index (χ0v) is 11.4. The molecule has 1 aliphatic rings. The van der Waals surface area contributed by atoms with Gasteiger partial charge in [-0.3, -0.25) is 10.1 Å². The van der Waals surface area contributed by atoms with E-state index in [-0.39, 0.29) is 0 Å². The summed E-state index contributed by atoms with van der Waals surface area (Å²) >= 11 is 0. The van der Waals surface area contributed by atoms with E-state index in [9.17, 15) is 18.8 Å². The van der Waals surface area contributed by atoms with Crippen molar-refractivity contribution in [2.24, 2.45) is 0 Å². The highest BCUT2D eigenvalue weighted by Gasteiger charge is 2.29. The van der Waals surface area contributed by atoms with Gasteiger partial charge in [0.1, 0.15) is 29.1 Å². The van der Waals surface area contributed by atoms with Crippen LogP contribution >= 0.6 is 0 Å². The van der Waals surface area contributed by atoms with E-state index in [2.05, 4.69) is 10.6 Å². The lowest BCUT2D eigenvalue weighted by Gasteiger charge is -2.14. The van der Waals surface area contributed by atoms with Gasteiger partial charge in [-0.05, 0) is 29.3 Å². The van der Waals surface area contributed by atoms with E-state index >= 15 is 0 Å². The van der Waals surface area contributed by atoms with E-state index < -0.39 is 29.3 Å². The molecule has 0 bridgehead atoms. The molecule has 2 aromatic carbocycles. The van der Waals surface area contributed by atoms with Crippen molar-refractivity contribution in [3.63, 3.8) is 0 Å². The Morgan fingerprint density at radius 1 is 1.27 bits per heavy atom. The average molecular weight is 305 g/mol. The maximum absolute atomic E-state index is 13.6. The van der Waals surface area contributed by atoms with Crippen LogP contribution in [0.15, 0.2) is 36.4 Å². The van der Waals surface area contributed by atoms with Gasteiger partial charge in [0.15, 0.2) is 0 Å². The molecule has 2 aromatic rings. The fraction of sp³-hybridized carbons (Fsp3) is 0.133. The average Bonchev–Trinajstić information content (AvgIpc) is 2.94. The van der Waals surface area contributed by atoms with Gasteiger partial charge in [-0.2, -0.15) is 0 Å². The van der Waals surface area contributed by atoms with Crippen LogP contribution in [0.1, 0.15) is 17.2 Å². The predicted molar refractivity (Wildman–Crippen MR) is 76.0 cm³/mol. The van der Waals surface area contributed by atoms with E-state index in [1.165, 1.54) is 6.07 Å². The number of rotatable bonds is 3. The largest absolute Gasteiger partial charge is 0.630 e. The minimum atomic E-state index is -0.840. The van der Waals surface area contributed by atoms with E-state index in [0.717, 1.165) is 17.7 Å². The van der Waals surface area contributed by atoms with Crippen LogP contribution in [0.2, 0.25) is 0 Å². The Morgan fingerprint density at radius 2 is 2.00 bits per heavy atom. The van der Waals surface area contributed by atoms with Crippen molar-refractivity contribution in [1.29, 1.82) is 0 Å². The van der Waals surface area contributed by atoms with Crippen molar-refractivity contribution >= 4 is 17.3 Å². The fourth-order valence-electron chi connectivity index (χ4n) is 2.48. The molecule has 3 rings (SSSR count). The smallest absolute Gasteiger partial charge is 0.246 e. The second-order valence-electron chi connectivity index (χ2n) is 4.98. The van der Waals surface area contributed by atoms with Crippen LogP contribution in [0.3, 0.4) is 0 Å². The first-order chi connectivity index (χ1) is 10.6. The van der Waals surface area contributed by atoms with Gasteiger partial charge in [-0.1, -0.05) is 12.1 Å². The monoisotopic (exact) mass is 305 g/mol. The number of anilines is 1. The van der Waals surface area contributed by atoms with Crippen molar-refractivity contribution in [2.45, 2.75) is 12.6 Å². The van der Waals surface area contributed by atoms with Crippen molar-refractivity contribution in [3.05, 3.63) is 64.4 Å². The number of fused-ring (bicyclic) bond motifs is 1. The Hall–Kier alpha value is -2.35. The summed E-state index contributed by atoms with van der Waals surface area (Å²) in [5, 5.41) is 16.1. The summed E-state index contributed by atoms with van der Waals surface area (Å²) < 4.78 is 27.2. The topological polar surface area (TPSA) is 80.8 Å². The molecule has 0 fully saturated rings. The highest BCUT2D eigenvalue weighted by atomic mass is 19.1. The molecule has 0 aromatic heterocycles. The van der Waals surface area contributed by atoms with Gasteiger partial charge in [0.05, 0.1) is 0 Å². The molecule has 4 N–H and O–H groups in total. The lowest BCUT2D eigenvalue weighted by Crippen LogP contribution is -2.70. The van der Waals surface area contributed by atoms with Gasteiger partial charge in [0.2, 0.25) is 5.91 Å². The first-order valence-electron chi connectivity index (χ1n) is 6.66. The third-order valence-corrected chi connectivity index (χ3v) is 3.59. The van der Waals surface area contributed by atoms with Crippen LogP contribution in [0, 0.1) is 16.8 Å². The quantitative estimate of drug-likeness (QED) is 0.593. The SMILES string of the molecule is O=C(Nc1c(F)cccc1F)[C@H]1NCc2ccc([NH2+][O-])cc21. The van der Waals surface area contributed by atoms with Gasteiger partial charge >= 0.3 is 0 Å². The number of halogens is 2. The summed E-state index contributed by atoms with van der Waals surface area (Å²) in [4.78, 5) is 12.3. The van der Waals surface area contributed by atoms with Gasteiger partial charge in [-0.15, -0.1) is 0 Å². The molecule has 1 atom stereocenters. The highest BCUT2D eigenvalue weighted by Crippen LogP contribution is 2.28. The number of carbonyl (C=O) groups excluding carboxylic acids is 1. The highest BCUT2D eigenvalue weighted by molar-refractivity contribution is 5.96. The Labute approximate surface area is 124 Å². The number of benzene rings is 2. The van der Waals surface area contributed by atoms with Crippen LogP contribution in [-0.2, 0) is 11.3 Å². The third-order valence-electron chi connectivity index (χ3n) is 3.59. The van der Waals surface area contributed by atoms with Crippen LogP contribution < -0.4 is 16.1 Å². The number of amides is 1. The Morgan fingerprint density at radius 3 is 2.68 bits per heavy atom. The van der Waals surface area contributed by atoms with Crippen molar-refractivity contribution < 1.29 is 19.1 Å². The molecule has 22 heavy (non-hydrogen) atoms. The summed E-state index contributed by atoms with van der Waals surface area (Å²) in [6.07, 6.45) is 0. The molecule has 0 unspecified atom stereocenters. The second-order valence-corrected chi connectivity index (χ2v) is 4.98. The molecule has 0 saturated heterocycles. The van der Waals surface area contributed by atoms with Gasteiger partial charge in [-0.25, -0.2) is 8.78 Å². The van der Waals surface area contributed by atoms with Crippen molar-refractivity contribution in [1.82, 2.24) is 5.32 Å². The molecule has 1 aliphatic heterocycles. The lowest BCUT2D eigenvalue weighted by atomic mass is 10.0. The first-order valence-corrected chi connectivity index (χ1v) is 6.66. The molecule has 0 spiro atoms. The van der Waals surface area contributed by atoms with Gasteiger partial charge in [0.25, 0.3) is 0 Å². The molecule has 1 amide bonds. The second kappa shape index (κ2) is 5.80. The maximum atomic E-state index is 13.6. The van der Waals surface area contributed by atoms with Gasteiger partial charge < -0.3 is 16.0 Å². The molecular weight excluding hydrogens is 292 g/mol. The minimum absolute atomic E-state index is 0.442. The zero-order chi connectivity index (χ0) is 15.7. The van der Waals surface area contributed by atoms with Crippen molar-refractivity contribution in [2.75, 3.05) is 5.32 Å². The molecule has 1 heterocycles. The molecule has 0 radical (unpaired) electrons. The number of hydrogen-bond donors (Lipinski definition) is 3. The Kier molecular flexibility index (Phi) is 3.84. The van der Waals surface area contributed by atoms with E-state index in [1.54, 1.807) is 18.2 Å². The van der Waals surface area contributed by atoms with Crippen LogP contribution in [0.25, 0.3) is 0 Å². The first kappa shape index (κ1) is 14.6. The number of nitrogens with two attached hydrogens (primary N) is 1. The van der Waals surface area contributed by atoms with Crippen LogP contribution in [0.5, 0.6) is 0 Å². The van der Waals surface area contributed by atoms with E-state index in [4.69, 9.17) is 0 Å². The standard InChI is InChI=1S/C15H13F2N3O2/c16-11-2-1-3-12(17)14(11)19-15(21)13-10-6-9(20-22)5-4-8(10)7-18-13/h1-6,13,18H,7,20H2,(H,19,21)/t13-/m0/s1. The summed E-state index contributed by atoms with van der Waals surface area (Å²) in [5.74, 6) is -2.26. The van der Waals surface area contributed by atoms with E-state index in [1.807, 2.05) is 0 Å². The normalized spacial score (nSPS) is 16.4. The number of para-hydroxylation sites is 1. The number of hydrogen-bond acceptors (Lipinski definition) is 3. The summed E-state index contributed by atoms with van der Waals surface area (Å²) in [6.45, 7) is 0.451. The molecule has 0 saturated carbocycles. The van der Waals surface area contributed by atoms with E-state index in [0.29, 0.717) is 23.3 Å². The summed E-state index contributed by atoms with van der Waals surface area (Å²) in [5.41, 5.74) is 2.16. The number of carbonyl (C=O) groups is 1. The lowest BCUT2D eigenvalue weighted by molar-refractivity contribution is -0.497. The Bertz CT molecular complexity index is 716. The number of nitrogens with one attached hydrogen (secondary N) is 2. The fourth-order valence-corrected chi connectivity index (χ4v) is 2.48. The Balaban J connectivity index is 1.86. The summed E-state index contributed by atoms with van der Waals surface area (Å²) in [7, 11) is 0. The van der Waals surface area contributed by atoms with Crippen LogP contribution in [-0.4, -0.2) is 5.91 Å². The molecule has 7 heteroatoms. The number of quaternary nitrogens is 1. The van der Waals surface area contributed by atoms with Gasteiger partial charge in [0, 0.05) is 12.6 Å². The minimum Gasteiger partial charge on any atom is -0.630 e. The molecular formula is C15H13F2N3O2. The van der Waals surface area contributed by atoms with Crippen LogP contribution in [0.4, 0.5) is 20.2 Å². The third kappa shape index (κ3) is 2.57. The molecule has 0 aliphatic carbocycles. The predicted octanol–water partition coefficient (Wildman–Crippen LogP) is 1.44. The maximum Gasteiger partial charge on any atom is 0.246 e. The van der Waals surface area contributed by atoms with Crippen molar-refractivity contribution in [3.8, 4) is 0 Å².